The minimum absolute atomic E-state index is 0.0330. The van der Waals surface area contributed by atoms with Gasteiger partial charge in [0.15, 0.2) is 0 Å². The van der Waals surface area contributed by atoms with Gasteiger partial charge >= 0.3 is 0 Å². The lowest BCUT2D eigenvalue weighted by Crippen LogP contribution is -2.60. The van der Waals surface area contributed by atoms with Crippen molar-refractivity contribution in [1.82, 2.24) is 4.90 Å². The van der Waals surface area contributed by atoms with Crippen molar-refractivity contribution in [1.29, 1.82) is 0 Å². The highest BCUT2D eigenvalue weighted by Gasteiger charge is 2.32. The summed E-state index contributed by atoms with van der Waals surface area (Å²) in [5.74, 6) is -0.297. The zero-order valence-corrected chi connectivity index (χ0v) is 7.61. The van der Waals surface area contributed by atoms with Gasteiger partial charge in [0.25, 0.3) is 0 Å². The fraction of sp³-hybridized carbons (Fsp3) is 0.300. The summed E-state index contributed by atoms with van der Waals surface area (Å²) in [5.41, 5.74) is 6.36. The molecule has 1 amide bonds. The van der Waals surface area contributed by atoms with E-state index in [-0.39, 0.29) is 17.8 Å². The van der Waals surface area contributed by atoms with E-state index in [9.17, 15) is 9.18 Å². The Balaban J connectivity index is 1.99. The molecule has 1 aliphatic rings. The Labute approximate surface area is 81.3 Å². The molecule has 3 nitrogen and oxygen atoms in total. The zero-order chi connectivity index (χ0) is 10.1. The van der Waals surface area contributed by atoms with Crippen LogP contribution in [0.5, 0.6) is 0 Å². The molecule has 1 atom stereocenters. The number of carbonyl (C=O) groups is 1. The first-order valence-corrected chi connectivity index (χ1v) is 4.45. The van der Waals surface area contributed by atoms with E-state index in [1.807, 2.05) is 0 Å². The average Bonchev–Trinajstić information content (AvgIpc) is 2.20. The normalized spacial score (nSPS) is 20.9. The van der Waals surface area contributed by atoms with Crippen LogP contribution in [0.25, 0.3) is 0 Å². The van der Waals surface area contributed by atoms with Crippen LogP contribution >= 0.6 is 0 Å². The second-order valence-electron chi connectivity index (χ2n) is 3.45. The van der Waals surface area contributed by atoms with E-state index in [2.05, 4.69) is 0 Å². The predicted molar refractivity (Wildman–Crippen MR) is 49.8 cm³/mol. The second kappa shape index (κ2) is 3.38. The van der Waals surface area contributed by atoms with Gasteiger partial charge in [-0.1, -0.05) is 12.1 Å². The Bertz CT molecular complexity index is 350. The van der Waals surface area contributed by atoms with Crippen molar-refractivity contribution in [3.05, 3.63) is 35.6 Å². The maximum atomic E-state index is 12.6. The number of β-lactam (4-membered cyclic amide) rings is 1. The molecule has 1 aromatic rings. The van der Waals surface area contributed by atoms with E-state index in [4.69, 9.17) is 5.73 Å². The molecule has 74 valence electrons. The van der Waals surface area contributed by atoms with E-state index in [0.29, 0.717) is 13.1 Å². The largest absolute Gasteiger partial charge is 0.335 e. The third-order valence-electron chi connectivity index (χ3n) is 2.33. The molecule has 1 saturated heterocycles. The van der Waals surface area contributed by atoms with Crippen LogP contribution in [0.1, 0.15) is 5.56 Å². The molecule has 1 fully saturated rings. The number of rotatable bonds is 2. The average molecular weight is 194 g/mol. The van der Waals surface area contributed by atoms with E-state index in [1.165, 1.54) is 12.1 Å². The molecule has 1 heterocycles. The molecule has 1 aromatic carbocycles. The van der Waals surface area contributed by atoms with Gasteiger partial charge in [-0.25, -0.2) is 4.39 Å². The minimum Gasteiger partial charge on any atom is -0.335 e. The number of amides is 1. The van der Waals surface area contributed by atoms with Crippen LogP contribution in [-0.2, 0) is 11.3 Å². The van der Waals surface area contributed by atoms with Gasteiger partial charge in [-0.05, 0) is 17.7 Å². The third kappa shape index (κ3) is 1.61. The van der Waals surface area contributed by atoms with Crippen molar-refractivity contribution in [2.24, 2.45) is 5.73 Å². The van der Waals surface area contributed by atoms with Gasteiger partial charge in [0.05, 0.1) is 0 Å². The molecule has 1 aliphatic heterocycles. The Morgan fingerprint density at radius 3 is 2.57 bits per heavy atom. The molecule has 0 aromatic heterocycles. The van der Waals surface area contributed by atoms with Gasteiger partial charge in [-0.15, -0.1) is 0 Å². The van der Waals surface area contributed by atoms with E-state index < -0.39 is 0 Å². The highest BCUT2D eigenvalue weighted by atomic mass is 19.1. The molecule has 0 radical (unpaired) electrons. The molecular formula is C10H11FN2O. The van der Waals surface area contributed by atoms with Crippen LogP contribution in [0.4, 0.5) is 4.39 Å². The summed E-state index contributed by atoms with van der Waals surface area (Å²) < 4.78 is 12.6. The highest BCUT2D eigenvalue weighted by molar-refractivity contribution is 5.87. The second-order valence-corrected chi connectivity index (χ2v) is 3.45. The summed E-state index contributed by atoms with van der Waals surface area (Å²) in [6.45, 7) is 1.11. The lowest BCUT2D eigenvalue weighted by atomic mass is 10.1. The molecule has 14 heavy (non-hydrogen) atoms. The van der Waals surface area contributed by atoms with Crippen molar-refractivity contribution >= 4 is 5.91 Å². The first kappa shape index (κ1) is 9.15. The summed E-state index contributed by atoms with van der Waals surface area (Å²) in [6, 6.07) is 5.79. The third-order valence-corrected chi connectivity index (χ3v) is 2.33. The number of nitrogens with two attached hydrogens (primary N) is 1. The smallest absolute Gasteiger partial charge is 0.241 e. The molecule has 0 aliphatic carbocycles. The summed E-state index contributed by atoms with van der Waals surface area (Å²) in [5, 5.41) is 0. The number of hydrogen-bond acceptors (Lipinski definition) is 2. The molecule has 2 rings (SSSR count). The zero-order valence-electron chi connectivity index (χ0n) is 7.61. The molecule has 0 bridgehead atoms. The maximum Gasteiger partial charge on any atom is 0.241 e. The molecule has 1 unspecified atom stereocenters. The maximum absolute atomic E-state index is 12.6. The Hall–Kier alpha value is -1.42. The summed E-state index contributed by atoms with van der Waals surface area (Å²) in [6.07, 6.45) is 0. The van der Waals surface area contributed by atoms with Crippen LogP contribution in [0, 0.1) is 5.82 Å². The number of carbonyl (C=O) groups excluding carboxylic acids is 1. The number of likely N-dealkylation sites (tertiary alicyclic amines) is 1. The van der Waals surface area contributed by atoms with E-state index in [0.717, 1.165) is 5.56 Å². The van der Waals surface area contributed by atoms with Crippen LogP contribution in [0.15, 0.2) is 24.3 Å². The monoisotopic (exact) mass is 194 g/mol. The highest BCUT2D eigenvalue weighted by Crippen LogP contribution is 2.13. The van der Waals surface area contributed by atoms with Gasteiger partial charge in [-0.2, -0.15) is 0 Å². The van der Waals surface area contributed by atoms with Crippen molar-refractivity contribution in [3.63, 3.8) is 0 Å². The van der Waals surface area contributed by atoms with Gasteiger partial charge in [0.1, 0.15) is 11.9 Å². The quantitative estimate of drug-likeness (QED) is 0.697. The molecule has 2 N–H and O–H groups in total. The van der Waals surface area contributed by atoms with Gasteiger partial charge in [-0.3, -0.25) is 4.79 Å². The van der Waals surface area contributed by atoms with Crippen molar-refractivity contribution in [3.8, 4) is 0 Å². The number of benzene rings is 1. The van der Waals surface area contributed by atoms with Crippen LogP contribution in [0.3, 0.4) is 0 Å². The number of nitrogens with zero attached hydrogens (tertiary/aromatic N) is 1. The topological polar surface area (TPSA) is 46.3 Å². The minimum atomic E-state index is -0.338. The van der Waals surface area contributed by atoms with Crippen LogP contribution in [0.2, 0.25) is 0 Å². The lowest BCUT2D eigenvalue weighted by molar-refractivity contribution is -0.143. The van der Waals surface area contributed by atoms with E-state index >= 15 is 0 Å². The van der Waals surface area contributed by atoms with Gasteiger partial charge in [0, 0.05) is 13.1 Å². The number of halogens is 1. The number of hydrogen-bond donors (Lipinski definition) is 1. The standard InChI is InChI=1S/C10H11FN2O/c11-8-3-1-7(2-4-8)5-13-6-9(12)10(13)14/h1-4,9H,5-6,12H2. The fourth-order valence-corrected chi connectivity index (χ4v) is 1.48. The van der Waals surface area contributed by atoms with Crippen molar-refractivity contribution in [2.45, 2.75) is 12.6 Å². The first-order valence-electron chi connectivity index (χ1n) is 4.45. The summed E-state index contributed by atoms with van der Waals surface area (Å²) in [7, 11) is 0. The summed E-state index contributed by atoms with van der Waals surface area (Å²) >= 11 is 0. The van der Waals surface area contributed by atoms with Crippen LogP contribution in [-0.4, -0.2) is 23.4 Å². The predicted octanol–water partition coefficient (Wildman–Crippen LogP) is 0.495. The van der Waals surface area contributed by atoms with Gasteiger partial charge in [0.2, 0.25) is 5.91 Å². The Morgan fingerprint density at radius 2 is 2.07 bits per heavy atom. The van der Waals surface area contributed by atoms with Crippen molar-refractivity contribution in [2.75, 3.05) is 6.54 Å². The van der Waals surface area contributed by atoms with Crippen molar-refractivity contribution < 1.29 is 9.18 Å². The fourth-order valence-electron chi connectivity index (χ4n) is 1.48. The first-order chi connectivity index (χ1) is 6.66. The Kier molecular flexibility index (Phi) is 2.21. The van der Waals surface area contributed by atoms with E-state index in [1.54, 1.807) is 17.0 Å². The Morgan fingerprint density at radius 1 is 1.43 bits per heavy atom. The molecule has 0 spiro atoms. The molecule has 4 heteroatoms. The van der Waals surface area contributed by atoms with Crippen LogP contribution < -0.4 is 5.73 Å². The van der Waals surface area contributed by atoms with Gasteiger partial charge < -0.3 is 10.6 Å². The SMILES string of the molecule is NC1CN(Cc2ccc(F)cc2)C1=O. The molecule has 0 saturated carbocycles. The lowest BCUT2D eigenvalue weighted by Gasteiger charge is -2.36. The summed E-state index contributed by atoms with van der Waals surface area (Å²) in [4.78, 5) is 12.8. The molecular weight excluding hydrogens is 183 g/mol.